The first-order chi connectivity index (χ1) is 21.2. The Morgan fingerprint density at radius 1 is 1.30 bits per heavy atom. The molecule has 3 aliphatic heterocycles. The van der Waals surface area contributed by atoms with E-state index in [9.17, 15) is 8.78 Å². The van der Waals surface area contributed by atoms with Gasteiger partial charge in [0.15, 0.2) is 5.82 Å². The summed E-state index contributed by atoms with van der Waals surface area (Å²) in [6.07, 6.45) is 10.4. The number of anilines is 1. The summed E-state index contributed by atoms with van der Waals surface area (Å²) in [6.45, 7) is 9.16. The number of halogens is 3. The summed E-state index contributed by atoms with van der Waals surface area (Å²) < 4.78 is 56.8. The summed E-state index contributed by atoms with van der Waals surface area (Å²) in [5.74, 6) is 1.92. The molecule has 0 radical (unpaired) electrons. The van der Waals surface area contributed by atoms with Gasteiger partial charge in [-0.05, 0) is 56.7 Å². The van der Waals surface area contributed by atoms with Gasteiger partial charge in [-0.1, -0.05) is 31.0 Å². The topological polar surface area (TPSA) is 63.6 Å². The third-order valence-corrected chi connectivity index (χ3v) is 8.97. The number of rotatable bonds is 6. The number of hydrogen-bond donors (Lipinski definition) is 0. The van der Waals surface area contributed by atoms with Gasteiger partial charge in [0.05, 0.1) is 36.0 Å². The van der Waals surface area contributed by atoms with Crippen molar-refractivity contribution in [2.45, 2.75) is 45.6 Å². The molecule has 0 spiro atoms. The SMILES string of the molecule is C#C/C(=C(/C)F)c1c(C)cccc1-c1ncc2c(N3CCOCC(C)C3)nc(OC[C@@]34CCCN3C/C(=C\F)C4)nc2c1F. The number of hydrogen-bond acceptors (Lipinski definition) is 7. The summed E-state index contributed by atoms with van der Waals surface area (Å²) in [7, 11) is 0. The van der Waals surface area contributed by atoms with Crippen molar-refractivity contribution in [3.05, 3.63) is 59.1 Å². The van der Waals surface area contributed by atoms with Crippen molar-refractivity contribution < 1.29 is 22.6 Å². The van der Waals surface area contributed by atoms with Gasteiger partial charge >= 0.3 is 6.01 Å². The molecule has 0 amide bonds. The fraction of sp³-hybridized carbons (Fsp3) is 0.441. The molecule has 0 bridgehead atoms. The number of benzene rings is 1. The normalized spacial score (nSPS) is 23.9. The van der Waals surface area contributed by atoms with E-state index in [4.69, 9.17) is 20.9 Å². The molecule has 230 valence electrons. The molecule has 5 heterocycles. The number of pyridine rings is 1. The van der Waals surface area contributed by atoms with E-state index in [1.165, 1.54) is 6.92 Å². The standard InChI is InChI=1S/C34H36F3N5O2/c1-5-25(23(4)36)28-22(3)8-6-9-26(28)30-29(37)31-27(16-38-30)32(41-12-13-43-19-21(2)17-41)40-33(39-31)44-20-34-10-7-11-42(34)18-24(14-34)15-35/h1,6,8-9,15-16,21H,7,10-14,17-20H2,2-4H3/b24-15-,25-23+/t21?,34-/m0/s1. The van der Waals surface area contributed by atoms with Crippen LogP contribution in [0.5, 0.6) is 6.01 Å². The lowest BCUT2D eigenvalue weighted by Gasteiger charge is -2.31. The summed E-state index contributed by atoms with van der Waals surface area (Å²) in [5, 5.41) is 0.431. The molecule has 1 aromatic carbocycles. The highest BCUT2D eigenvalue weighted by molar-refractivity contribution is 5.95. The molecule has 10 heteroatoms. The third-order valence-electron chi connectivity index (χ3n) is 8.97. The number of nitrogens with zero attached hydrogens (tertiary/aromatic N) is 5. The lowest BCUT2D eigenvalue weighted by molar-refractivity contribution is 0.108. The van der Waals surface area contributed by atoms with Crippen LogP contribution in [0.3, 0.4) is 0 Å². The minimum atomic E-state index is -0.681. The number of allylic oxidation sites excluding steroid dienone is 2. The quantitative estimate of drug-likeness (QED) is 0.302. The number of aromatic nitrogens is 3. The average Bonchev–Trinajstić information content (AvgIpc) is 3.47. The number of fused-ring (bicyclic) bond motifs is 2. The van der Waals surface area contributed by atoms with Gasteiger partial charge in [0.25, 0.3) is 0 Å². The average molecular weight is 604 g/mol. The van der Waals surface area contributed by atoms with Gasteiger partial charge in [0.2, 0.25) is 0 Å². The summed E-state index contributed by atoms with van der Waals surface area (Å²) in [4.78, 5) is 18.2. The summed E-state index contributed by atoms with van der Waals surface area (Å²) >= 11 is 0. The first kappa shape index (κ1) is 30.1. The molecule has 44 heavy (non-hydrogen) atoms. The molecule has 3 aromatic rings. The number of terminal acetylenes is 1. The van der Waals surface area contributed by atoms with Gasteiger partial charge in [-0.2, -0.15) is 9.97 Å². The van der Waals surface area contributed by atoms with Crippen molar-refractivity contribution in [2.24, 2.45) is 5.92 Å². The lowest BCUT2D eigenvalue weighted by atomic mass is 9.92. The molecule has 0 aliphatic carbocycles. The van der Waals surface area contributed by atoms with E-state index >= 15 is 4.39 Å². The first-order valence-corrected chi connectivity index (χ1v) is 15.0. The lowest BCUT2D eigenvalue weighted by Crippen LogP contribution is -2.43. The minimum absolute atomic E-state index is 0.00227. The fourth-order valence-corrected chi connectivity index (χ4v) is 6.88. The monoisotopic (exact) mass is 603 g/mol. The zero-order valence-corrected chi connectivity index (χ0v) is 25.3. The maximum Gasteiger partial charge on any atom is 0.319 e. The minimum Gasteiger partial charge on any atom is -0.461 e. The highest BCUT2D eigenvalue weighted by atomic mass is 19.1. The van der Waals surface area contributed by atoms with E-state index < -0.39 is 11.6 Å². The Kier molecular flexibility index (Phi) is 8.36. The smallest absolute Gasteiger partial charge is 0.319 e. The van der Waals surface area contributed by atoms with Crippen molar-refractivity contribution in [2.75, 3.05) is 50.9 Å². The van der Waals surface area contributed by atoms with E-state index in [0.717, 1.165) is 25.0 Å². The zero-order valence-electron chi connectivity index (χ0n) is 25.3. The number of aryl methyl sites for hydroxylation is 1. The van der Waals surface area contributed by atoms with Crippen LogP contribution in [0.2, 0.25) is 0 Å². The first-order valence-electron chi connectivity index (χ1n) is 15.0. The largest absolute Gasteiger partial charge is 0.461 e. The molecular formula is C34H36F3N5O2. The summed E-state index contributed by atoms with van der Waals surface area (Å²) in [5.41, 5.74) is 1.95. The van der Waals surface area contributed by atoms with Crippen LogP contribution in [0.15, 0.2) is 42.1 Å². The van der Waals surface area contributed by atoms with Crippen LogP contribution in [0.4, 0.5) is 19.0 Å². The Labute approximate surface area is 255 Å². The molecule has 6 rings (SSSR count). The molecule has 3 fully saturated rings. The third kappa shape index (κ3) is 5.44. The second-order valence-corrected chi connectivity index (χ2v) is 12.2. The zero-order chi connectivity index (χ0) is 31.0. The van der Waals surface area contributed by atoms with E-state index in [0.29, 0.717) is 73.5 Å². The Morgan fingerprint density at radius 3 is 2.91 bits per heavy atom. The molecule has 0 N–H and O–H groups in total. The molecule has 0 saturated carbocycles. The Hall–Kier alpha value is -3.94. The van der Waals surface area contributed by atoms with Gasteiger partial charge in [-0.3, -0.25) is 9.88 Å². The van der Waals surface area contributed by atoms with Gasteiger partial charge in [-0.15, -0.1) is 6.42 Å². The van der Waals surface area contributed by atoms with Gasteiger partial charge in [-0.25, -0.2) is 13.2 Å². The Bertz CT molecular complexity index is 1700. The van der Waals surface area contributed by atoms with Crippen LogP contribution in [0, 0.1) is 31.0 Å². The summed E-state index contributed by atoms with van der Waals surface area (Å²) in [6, 6.07) is 5.27. The molecule has 2 atom stereocenters. The van der Waals surface area contributed by atoms with Crippen LogP contribution >= 0.6 is 0 Å². The molecule has 7 nitrogen and oxygen atoms in total. The van der Waals surface area contributed by atoms with Crippen LogP contribution in [-0.2, 0) is 4.74 Å². The highest BCUT2D eigenvalue weighted by Crippen LogP contribution is 2.42. The van der Waals surface area contributed by atoms with Crippen molar-refractivity contribution in [3.8, 4) is 29.6 Å². The Balaban J connectivity index is 1.48. The van der Waals surface area contributed by atoms with Gasteiger partial charge < -0.3 is 14.4 Å². The molecule has 1 unspecified atom stereocenters. The Morgan fingerprint density at radius 2 is 2.14 bits per heavy atom. The highest BCUT2D eigenvalue weighted by Gasteiger charge is 2.47. The fourth-order valence-electron chi connectivity index (χ4n) is 6.88. The van der Waals surface area contributed by atoms with E-state index in [2.05, 4.69) is 32.6 Å². The van der Waals surface area contributed by atoms with E-state index in [1.807, 2.05) is 0 Å². The number of ether oxygens (including phenoxy) is 2. The maximum atomic E-state index is 16.7. The van der Waals surface area contributed by atoms with E-state index in [-0.39, 0.29) is 40.9 Å². The molecule has 3 saturated heterocycles. The van der Waals surface area contributed by atoms with Crippen molar-refractivity contribution >= 4 is 22.3 Å². The van der Waals surface area contributed by atoms with Crippen LogP contribution in [0.25, 0.3) is 27.7 Å². The van der Waals surface area contributed by atoms with Gasteiger partial charge in [0, 0.05) is 37.0 Å². The second kappa shape index (κ2) is 12.2. The molecular weight excluding hydrogens is 567 g/mol. The van der Waals surface area contributed by atoms with Crippen LogP contribution < -0.4 is 9.64 Å². The second-order valence-electron chi connectivity index (χ2n) is 12.2. The predicted molar refractivity (Wildman–Crippen MR) is 165 cm³/mol. The van der Waals surface area contributed by atoms with Crippen LogP contribution in [-0.4, -0.2) is 71.4 Å². The van der Waals surface area contributed by atoms with Crippen LogP contribution in [0.1, 0.15) is 44.2 Å². The molecule has 3 aliphatic rings. The van der Waals surface area contributed by atoms with Crippen molar-refractivity contribution in [1.29, 1.82) is 0 Å². The van der Waals surface area contributed by atoms with E-state index in [1.54, 1.807) is 31.3 Å². The molecule has 2 aromatic heterocycles. The van der Waals surface area contributed by atoms with Crippen molar-refractivity contribution in [3.63, 3.8) is 0 Å². The maximum absolute atomic E-state index is 16.7. The van der Waals surface area contributed by atoms with Gasteiger partial charge in [0.1, 0.15) is 29.5 Å². The predicted octanol–water partition coefficient (Wildman–Crippen LogP) is 6.42. The van der Waals surface area contributed by atoms with Crippen molar-refractivity contribution in [1.82, 2.24) is 19.9 Å².